The maximum Gasteiger partial charge on any atom is 0.435 e. The number of nitrogens with zero attached hydrogens (tertiary/aromatic N) is 2. The van der Waals surface area contributed by atoms with Crippen molar-refractivity contribution in [2.45, 2.75) is 58.5 Å². The molecule has 3 rings (SSSR count). The molecule has 3 aromatic rings. The fraction of sp³-hybridized carbons (Fsp3) is 0.385. The molecule has 1 aromatic heterocycles. The summed E-state index contributed by atoms with van der Waals surface area (Å²) in [6.45, 7) is 11.8. The Labute approximate surface area is 208 Å². The Balaban J connectivity index is 1.88. The van der Waals surface area contributed by atoms with E-state index in [1.165, 1.54) is 12.1 Å². The number of hydrogen-bond donors (Lipinski definition) is 1. The molecule has 0 saturated carbocycles. The van der Waals surface area contributed by atoms with Crippen molar-refractivity contribution < 1.29 is 22.7 Å². The summed E-state index contributed by atoms with van der Waals surface area (Å²) in [7, 11) is 0. The summed E-state index contributed by atoms with van der Waals surface area (Å²) in [5, 5.41) is 6.66. The van der Waals surface area contributed by atoms with Gasteiger partial charge in [-0.15, -0.1) is 0 Å². The molecule has 0 unspecified atom stereocenters. The van der Waals surface area contributed by atoms with Gasteiger partial charge in [-0.05, 0) is 40.2 Å². The Morgan fingerprint density at radius 1 is 1.00 bits per heavy atom. The lowest BCUT2D eigenvalue weighted by atomic mass is 9.81. The fourth-order valence-corrected chi connectivity index (χ4v) is 3.71. The molecule has 188 valence electrons. The number of ether oxygens (including phenoxy) is 1. The average Bonchev–Trinajstić information content (AvgIpc) is 3.15. The van der Waals surface area contributed by atoms with E-state index in [0.717, 1.165) is 21.9 Å². The third kappa shape index (κ3) is 6.36. The van der Waals surface area contributed by atoms with E-state index >= 15 is 0 Å². The van der Waals surface area contributed by atoms with Crippen LogP contribution in [0.2, 0.25) is 5.02 Å². The highest BCUT2D eigenvalue weighted by atomic mass is 35.5. The molecule has 1 N–H and O–H groups in total. The first-order chi connectivity index (χ1) is 16.1. The van der Waals surface area contributed by atoms with Crippen molar-refractivity contribution in [3.8, 4) is 11.6 Å². The lowest BCUT2D eigenvalue weighted by Crippen LogP contribution is -2.24. The zero-order chi connectivity index (χ0) is 26.2. The van der Waals surface area contributed by atoms with Crippen molar-refractivity contribution in [2.75, 3.05) is 11.9 Å². The molecule has 35 heavy (non-hydrogen) atoms. The smallest absolute Gasteiger partial charge is 0.435 e. The van der Waals surface area contributed by atoms with Crippen molar-refractivity contribution >= 4 is 23.2 Å². The maximum atomic E-state index is 13.3. The minimum atomic E-state index is -4.69. The molecule has 5 nitrogen and oxygen atoms in total. The molecule has 0 aliphatic carbocycles. The molecule has 9 heteroatoms. The van der Waals surface area contributed by atoms with Crippen LogP contribution in [0.25, 0.3) is 5.69 Å². The van der Waals surface area contributed by atoms with E-state index in [2.05, 4.69) is 31.2 Å². The second-order valence-electron chi connectivity index (χ2n) is 10.3. The van der Waals surface area contributed by atoms with Gasteiger partial charge >= 0.3 is 6.18 Å². The number of carbonyl (C=O) groups excluding carboxylic acids is 1. The zero-order valence-electron chi connectivity index (χ0n) is 20.5. The summed E-state index contributed by atoms with van der Waals surface area (Å²) in [6, 6.07) is 13.0. The summed E-state index contributed by atoms with van der Waals surface area (Å²) in [5.74, 6) is -0.762. The van der Waals surface area contributed by atoms with E-state index in [1.807, 2.05) is 39.0 Å². The van der Waals surface area contributed by atoms with Crippen LogP contribution in [0.5, 0.6) is 5.88 Å². The number of halogens is 4. The van der Waals surface area contributed by atoms with E-state index in [9.17, 15) is 18.0 Å². The van der Waals surface area contributed by atoms with Crippen molar-refractivity contribution in [3.05, 3.63) is 70.4 Å². The number of para-hydroxylation sites is 1. The number of aromatic nitrogens is 2. The Morgan fingerprint density at radius 2 is 1.66 bits per heavy atom. The lowest BCUT2D eigenvalue weighted by Gasteiger charge is -2.27. The molecular formula is C26H29ClF3N3O2. The van der Waals surface area contributed by atoms with Crippen molar-refractivity contribution in [1.82, 2.24) is 9.78 Å². The molecule has 1 heterocycles. The van der Waals surface area contributed by atoms with E-state index in [-0.39, 0.29) is 27.4 Å². The molecule has 0 aliphatic rings. The molecule has 2 aromatic carbocycles. The van der Waals surface area contributed by atoms with Crippen molar-refractivity contribution in [3.63, 3.8) is 0 Å². The normalized spacial score (nSPS) is 12.5. The second kappa shape index (κ2) is 9.57. The minimum Gasteiger partial charge on any atom is -0.467 e. The lowest BCUT2D eigenvalue weighted by molar-refractivity contribution is -0.141. The molecule has 0 radical (unpaired) electrons. The van der Waals surface area contributed by atoms with E-state index in [0.29, 0.717) is 5.69 Å². The van der Waals surface area contributed by atoms with Crippen molar-refractivity contribution in [1.29, 1.82) is 0 Å². The van der Waals surface area contributed by atoms with Crippen LogP contribution in [0.15, 0.2) is 48.5 Å². The quantitative estimate of drug-likeness (QED) is 0.398. The zero-order valence-corrected chi connectivity index (χ0v) is 21.3. The number of hydrogen-bond acceptors (Lipinski definition) is 3. The molecule has 0 bridgehead atoms. The van der Waals surface area contributed by atoms with Crippen LogP contribution in [0.4, 0.5) is 18.9 Å². The van der Waals surface area contributed by atoms with Crippen LogP contribution in [-0.4, -0.2) is 22.3 Å². The number of nitrogens with one attached hydrogen (secondary N) is 1. The van der Waals surface area contributed by atoms with Crippen LogP contribution in [0, 0.1) is 0 Å². The van der Waals surface area contributed by atoms with Gasteiger partial charge in [-0.1, -0.05) is 77.4 Å². The number of carbonyl (C=O) groups is 1. The number of benzene rings is 2. The Morgan fingerprint density at radius 3 is 2.23 bits per heavy atom. The third-order valence-corrected chi connectivity index (χ3v) is 5.69. The Hall–Kier alpha value is -3.00. The molecule has 1 amide bonds. The topological polar surface area (TPSA) is 56.1 Å². The summed E-state index contributed by atoms with van der Waals surface area (Å²) in [4.78, 5) is 12.8. The molecule has 0 atom stereocenters. The van der Waals surface area contributed by atoms with Gasteiger partial charge in [0, 0.05) is 11.8 Å². The number of alkyl halides is 3. The highest BCUT2D eigenvalue weighted by molar-refractivity contribution is 6.32. The third-order valence-electron chi connectivity index (χ3n) is 5.37. The van der Waals surface area contributed by atoms with Gasteiger partial charge < -0.3 is 10.1 Å². The highest BCUT2D eigenvalue weighted by Gasteiger charge is 2.36. The molecule has 0 spiro atoms. The van der Waals surface area contributed by atoms with Crippen LogP contribution in [0.3, 0.4) is 0 Å². The van der Waals surface area contributed by atoms with Gasteiger partial charge in [0.2, 0.25) is 5.88 Å². The minimum absolute atomic E-state index is 0.137. The number of amides is 1. The van der Waals surface area contributed by atoms with Crippen LogP contribution in [0.1, 0.15) is 58.4 Å². The number of anilines is 1. The van der Waals surface area contributed by atoms with Gasteiger partial charge in [-0.25, -0.2) is 0 Å². The Kier molecular flexibility index (Phi) is 7.27. The van der Waals surface area contributed by atoms with Gasteiger partial charge in [0.1, 0.15) is 0 Å². The highest BCUT2D eigenvalue weighted by Crippen LogP contribution is 2.35. The SMILES string of the molecule is CC(C)(C)c1ccc(C(C)(C)C)c(NC(=O)COc2cc(C(F)(F)F)nn2-c2ccccc2Cl)c1. The van der Waals surface area contributed by atoms with Crippen LogP contribution >= 0.6 is 11.6 Å². The molecular weight excluding hydrogens is 479 g/mol. The summed E-state index contributed by atoms with van der Waals surface area (Å²) in [5.41, 5.74) is 1.27. The summed E-state index contributed by atoms with van der Waals surface area (Å²) < 4.78 is 46.4. The van der Waals surface area contributed by atoms with Crippen LogP contribution in [-0.2, 0) is 21.8 Å². The molecule has 0 saturated heterocycles. The van der Waals surface area contributed by atoms with E-state index in [1.54, 1.807) is 12.1 Å². The second-order valence-corrected chi connectivity index (χ2v) is 10.7. The molecule has 0 aliphatic heterocycles. The fourth-order valence-electron chi connectivity index (χ4n) is 3.50. The summed E-state index contributed by atoms with van der Waals surface area (Å²) in [6.07, 6.45) is -4.69. The predicted molar refractivity (Wildman–Crippen MR) is 132 cm³/mol. The largest absolute Gasteiger partial charge is 0.467 e. The van der Waals surface area contributed by atoms with Gasteiger partial charge in [-0.2, -0.15) is 23.0 Å². The van der Waals surface area contributed by atoms with Crippen molar-refractivity contribution in [2.24, 2.45) is 0 Å². The molecule has 0 fully saturated rings. The standard InChI is InChI=1S/C26H29ClF3N3O2/c1-24(2,3)16-11-12-17(25(4,5)6)19(13-16)31-22(34)15-35-23-14-21(26(28,29)30)32-33(23)20-10-8-7-9-18(20)27/h7-14H,15H2,1-6H3,(H,31,34). The van der Waals surface area contributed by atoms with Crippen LogP contribution < -0.4 is 10.1 Å². The van der Waals surface area contributed by atoms with E-state index < -0.39 is 24.4 Å². The van der Waals surface area contributed by atoms with E-state index in [4.69, 9.17) is 16.3 Å². The van der Waals surface area contributed by atoms with Gasteiger partial charge in [0.05, 0.1) is 10.7 Å². The first-order valence-corrected chi connectivity index (χ1v) is 11.4. The van der Waals surface area contributed by atoms with Gasteiger partial charge in [0.15, 0.2) is 12.3 Å². The summed E-state index contributed by atoms with van der Waals surface area (Å²) >= 11 is 6.16. The van der Waals surface area contributed by atoms with Gasteiger partial charge in [0.25, 0.3) is 5.91 Å². The average molecular weight is 508 g/mol. The maximum absolute atomic E-state index is 13.3. The first-order valence-electron chi connectivity index (χ1n) is 11.1. The monoisotopic (exact) mass is 507 g/mol. The predicted octanol–water partition coefficient (Wildman–Crippen LogP) is 7.16. The number of rotatable bonds is 5. The first kappa shape index (κ1) is 26.6. The van der Waals surface area contributed by atoms with Gasteiger partial charge in [-0.3, -0.25) is 4.79 Å². The Bertz CT molecular complexity index is 1220.